The lowest BCUT2D eigenvalue weighted by Gasteiger charge is -2.17. The molecule has 2 amide bonds. The lowest BCUT2D eigenvalue weighted by molar-refractivity contribution is -0.137. The SMILES string of the molecule is O=C(C1=NN[C@@H]2C(=O)N(c3cccc(C(F)(F)F)c3)C(=O)[C@@H]12)c1cnccn1. The third-order valence-electron chi connectivity index (χ3n) is 4.39. The third-order valence-corrected chi connectivity index (χ3v) is 4.39. The molecule has 1 saturated heterocycles. The number of imide groups is 1. The molecule has 0 spiro atoms. The summed E-state index contributed by atoms with van der Waals surface area (Å²) in [6.07, 6.45) is -0.813. The van der Waals surface area contributed by atoms with E-state index >= 15 is 0 Å². The molecule has 3 heterocycles. The summed E-state index contributed by atoms with van der Waals surface area (Å²) in [4.78, 5) is 46.2. The van der Waals surface area contributed by atoms with Gasteiger partial charge in [0.25, 0.3) is 5.91 Å². The average molecular weight is 389 g/mol. The van der Waals surface area contributed by atoms with Crippen molar-refractivity contribution >= 4 is 29.0 Å². The van der Waals surface area contributed by atoms with E-state index in [0.29, 0.717) is 11.0 Å². The van der Waals surface area contributed by atoms with Crippen molar-refractivity contribution in [1.82, 2.24) is 15.4 Å². The Morgan fingerprint density at radius 1 is 1.14 bits per heavy atom. The number of halogens is 3. The predicted octanol–water partition coefficient (Wildman–Crippen LogP) is 1.20. The van der Waals surface area contributed by atoms with Gasteiger partial charge in [0.15, 0.2) is 0 Å². The van der Waals surface area contributed by atoms with E-state index in [1.165, 1.54) is 24.7 Å². The van der Waals surface area contributed by atoms with E-state index in [1.807, 2.05) is 0 Å². The van der Waals surface area contributed by atoms with E-state index in [9.17, 15) is 27.6 Å². The van der Waals surface area contributed by atoms with Crippen LogP contribution in [0.5, 0.6) is 0 Å². The Labute approximate surface area is 155 Å². The number of nitrogens with one attached hydrogen (secondary N) is 1. The van der Waals surface area contributed by atoms with Crippen molar-refractivity contribution in [3.63, 3.8) is 0 Å². The van der Waals surface area contributed by atoms with Crippen molar-refractivity contribution in [2.45, 2.75) is 12.2 Å². The van der Waals surface area contributed by atoms with E-state index in [2.05, 4.69) is 20.5 Å². The molecule has 11 heteroatoms. The number of amides is 2. The molecule has 1 fully saturated rings. The van der Waals surface area contributed by atoms with Crippen LogP contribution in [-0.2, 0) is 15.8 Å². The number of benzene rings is 1. The maximum absolute atomic E-state index is 13.0. The van der Waals surface area contributed by atoms with Gasteiger partial charge in [0.05, 0.1) is 17.4 Å². The van der Waals surface area contributed by atoms with Gasteiger partial charge in [0.2, 0.25) is 11.7 Å². The molecule has 0 bridgehead atoms. The number of hydrogen-bond acceptors (Lipinski definition) is 7. The van der Waals surface area contributed by atoms with Crippen LogP contribution in [-0.4, -0.2) is 39.3 Å². The number of Topliss-reactive ketones (excluding diaryl/α,β-unsaturated/α-hetero) is 1. The predicted molar refractivity (Wildman–Crippen MR) is 88.1 cm³/mol. The molecule has 0 aliphatic carbocycles. The zero-order chi connectivity index (χ0) is 20.1. The van der Waals surface area contributed by atoms with Gasteiger partial charge in [-0.05, 0) is 18.2 Å². The fraction of sp³-hybridized carbons (Fsp3) is 0.176. The summed E-state index contributed by atoms with van der Waals surface area (Å²) in [7, 11) is 0. The molecule has 0 radical (unpaired) electrons. The Balaban J connectivity index is 1.67. The Bertz CT molecular complexity index is 1020. The molecule has 1 N–H and O–H groups in total. The molecule has 2 aromatic rings. The second-order valence-corrected chi connectivity index (χ2v) is 6.06. The quantitative estimate of drug-likeness (QED) is 0.625. The minimum absolute atomic E-state index is 0.0681. The summed E-state index contributed by atoms with van der Waals surface area (Å²) in [6.45, 7) is 0. The molecular weight excluding hydrogens is 379 g/mol. The highest BCUT2D eigenvalue weighted by Crippen LogP contribution is 2.35. The second kappa shape index (κ2) is 6.22. The molecule has 8 nitrogen and oxygen atoms in total. The number of carbonyl (C=O) groups excluding carboxylic acids is 3. The van der Waals surface area contributed by atoms with Gasteiger partial charge in [0.1, 0.15) is 23.4 Å². The van der Waals surface area contributed by atoms with Gasteiger partial charge in [-0.3, -0.25) is 24.8 Å². The Morgan fingerprint density at radius 2 is 1.93 bits per heavy atom. The molecule has 0 saturated carbocycles. The minimum atomic E-state index is -4.63. The van der Waals surface area contributed by atoms with Crippen molar-refractivity contribution in [3.8, 4) is 0 Å². The number of hydrogen-bond donors (Lipinski definition) is 1. The van der Waals surface area contributed by atoms with Crippen LogP contribution in [0.4, 0.5) is 18.9 Å². The van der Waals surface area contributed by atoms with Crippen LogP contribution in [0.15, 0.2) is 48.0 Å². The van der Waals surface area contributed by atoms with Crippen LogP contribution in [0.25, 0.3) is 0 Å². The highest BCUT2D eigenvalue weighted by molar-refractivity contribution is 6.52. The fourth-order valence-electron chi connectivity index (χ4n) is 3.10. The molecule has 142 valence electrons. The van der Waals surface area contributed by atoms with E-state index in [1.54, 1.807) is 0 Å². The second-order valence-electron chi connectivity index (χ2n) is 6.06. The summed E-state index contributed by atoms with van der Waals surface area (Å²) < 4.78 is 38.9. The van der Waals surface area contributed by atoms with Crippen LogP contribution in [0.2, 0.25) is 0 Å². The number of nitrogens with zero attached hydrogens (tertiary/aromatic N) is 4. The maximum Gasteiger partial charge on any atom is 0.416 e. The van der Waals surface area contributed by atoms with E-state index in [0.717, 1.165) is 12.1 Å². The smallest absolute Gasteiger partial charge is 0.296 e. The first-order chi connectivity index (χ1) is 13.3. The van der Waals surface area contributed by atoms with Crippen LogP contribution in [0, 0.1) is 5.92 Å². The molecule has 0 unspecified atom stereocenters. The zero-order valence-electron chi connectivity index (χ0n) is 13.8. The van der Waals surface area contributed by atoms with Crippen LogP contribution >= 0.6 is 0 Å². The van der Waals surface area contributed by atoms with E-state index < -0.39 is 41.3 Å². The monoisotopic (exact) mass is 389 g/mol. The van der Waals surface area contributed by atoms with Crippen LogP contribution in [0.3, 0.4) is 0 Å². The molecular formula is C17H10F3N5O3. The highest BCUT2D eigenvalue weighted by atomic mass is 19.4. The highest BCUT2D eigenvalue weighted by Gasteiger charge is 2.55. The first-order valence-electron chi connectivity index (χ1n) is 7.98. The fourth-order valence-corrected chi connectivity index (χ4v) is 3.10. The number of rotatable bonds is 3. The number of carbonyl (C=O) groups is 3. The van der Waals surface area contributed by atoms with Crippen molar-refractivity contribution in [2.75, 3.05) is 4.90 Å². The number of hydrazone groups is 1. The third kappa shape index (κ3) is 2.71. The molecule has 2 aliphatic rings. The molecule has 1 aromatic carbocycles. The Hall–Kier alpha value is -3.63. The summed E-state index contributed by atoms with van der Waals surface area (Å²) in [6, 6.07) is 2.68. The van der Waals surface area contributed by atoms with Crippen LogP contribution in [0.1, 0.15) is 16.1 Å². The van der Waals surface area contributed by atoms with Crippen molar-refractivity contribution in [2.24, 2.45) is 11.0 Å². The van der Waals surface area contributed by atoms with Crippen LogP contribution < -0.4 is 10.3 Å². The lowest BCUT2D eigenvalue weighted by Crippen LogP contribution is -2.36. The number of ketones is 1. The maximum atomic E-state index is 13.0. The van der Waals surface area contributed by atoms with Gasteiger partial charge in [-0.1, -0.05) is 6.07 Å². The van der Waals surface area contributed by atoms with E-state index in [-0.39, 0.29) is 17.1 Å². The summed E-state index contributed by atoms with van der Waals surface area (Å²) in [5.74, 6) is -3.58. The van der Waals surface area contributed by atoms with E-state index in [4.69, 9.17) is 0 Å². The first kappa shape index (κ1) is 17.8. The summed E-state index contributed by atoms with van der Waals surface area (Å²) in [5, 5.41) is 3.78. The average Bonchev–Trinajstić information content (AvgIpc) is 3.22. The standard InChI is InChI=1S/C17H10F3N5O3/c18-17(19,20)8-2-1-3-9(6-8)25-15(27)11-12(23-24-13(11)16(25)28)14(26)10-7-21-4-5-22-10/h1-7,11,13,24H/t11-,13-/m0/s1. The summed E-state index contributed by atoms with van der Waals surface area (Å²) in [5.41, 5.74) is 0.894. The van der Waals surface area contributed by atoms with Gasteiger partial charge < -0.3 is 0 Å². The molecule has 2 atom stereocenters. The molecule has 2 aliphatic heterocycles. The first-order valence-corrected chi connectivity index (χ1v) is 7.98. The van der Waals surface area contributed by atoms with Gasteiger partial charge in [-0.25, -0.2) is 9.88 Å². The lowest BCUT2D eigenvalue weighted by atomic mass is 9.94. The van der Waals surface area contributed by atoms with Gasteiger partial charge >= 0.3 is 6.18 Å². The van der Waals surface area contributed by atoms with Gasteiger partial charge in [-0.15, -0.1) is 0 Å². The zero-order valence-corrected chi connectivity index (χ0v) is 13.8. The van der Waals surface area contributed by atoms with Gasteiger partial charge in [0, 0.05) is 12.4 Å². The number of alkyl halides is 3. The Morgan fingerprint density at radius 3 is 2.61 bits per heavy atom. The van der Waals surface area contributed by atoms with Crippen molar-refractivity contribution < 1.29 is 27.6 Å². The number of aromatic nitrogens is 2. The van der Waals surface area contributed by atoms with Crippen molar-refractivity contribution in [1.29, 1.82) is 0 Å². The molecule has 4 rings (SSSR count). The summed E-state index contributed by atoms with van der Waals surface area (Å²) >= 11 is 0. The topological polar surface area (TPSA) is 105 Å². The molecule has 28 heavy (non-hydrogen) atoms. The number of anilines is 1. The number of fused-ring (bicyclic) bond motifs is 1. The van der Waals surface area contributed by atoms with Gasteiger partial charge in [-0.2, -0.15) is 18.3 Å². The molecule has 1 aromatic heterocycles. The minimum Gasteiger partial charge on any atom is -0.296 e. The largest absolute Gasteiger partial charge is 0.416 e. The van der Waals surface area contributed by atoms with Crippen molar-refractivity contribution in [3.05, 3.63) is 54.1 Å². The normalized spacial score (nSPS) is 21.4. The Kier molecular flexibility index (Phi) is 3.95.